The number of amides is 1. The summed E-state index contributed by atoms with van der Waals surface area (Å²) in [6, 6.07) is 13.8. The van der Waals surface area contributed by atoms with Crippen molar-refractivity contribution < 1.29 is 13.9 Å². The molecule has 3 nitrogen and oxygen atoms in total. The number of carbonyl (C=O) groups excluding carboxylic acids is 1. The molecule has 0 spiro atoms. The van der Waals surface area contributed by atoms with Crippen LogP contribution >= 0.6 is 22.9 Å². The standard InChI is InChI=1S/C20H15ClFNO2S/c1-23(16-7-6-13(22)11-15(16)21)20(24)18-10-12-8-9-25-17-5-3-2-4-14(17)19(12)26-18/h2-7,10-11H,8-9H2,1H3. The van der Waals surface area contributed by atoms with Gasteiger partial charge in [0.2, 0.25) is 0 Å². The molecule has 1 aliphatic heterocycles. The number of para-hydroxylation sites is 1. The Bertz CT molecular complexity index is 1000. The SMILES string of the molecule is CN(C(=O)c1cc2c(s1)-c1ccccc1OCC2)c1ccc(F)cc1Cl. The zero-order valence-electron chi connectivity index (χ0n) is 14.0. The summed E-state index contributed by atoms with van der Waals surface area (Å²) in [5, 5.41) is 0.206. The lowest BCUT2D eigenvalue weighted by Crippen LogP contribution is -2.25. The molecule has 1 aromatic heterocycles. The Morgan fingerprint density at radius 2 is 2.04 bits per heavy atom. The summed E-state index contributed by atoms with van der Waals surface area (Å²) in [5.41, 5.74) is 2.58. The Balaban J connectivity index is 1.71. The maximum absolute atomic E-state index is 13.3. The van der Waals surface area contributed by atoms with Gasteiger partial charge in [-0.15, -0.1) is 11.3 Å². The van der Waals surface area contributed by atoms with Crippen LogP contribution in [-0.4, -0.2) is 19.6 Å². The van der Waals surface area contributed by atoms with Gasteiger partial charge in [-0.05, 0) is 42.0 Å². The quantitative estimate of drug-likeness (QED) is 0.587. The van der Waals surface area contributed by atoms with Gasteiger partial charge in [0.1, 0.15) is 11.6 Å². The summed E-state index contributed by atoms with van der Waals surface area (Å²) in [7, 11) is 1.64. The van der Waals surface area contributed by atoms with Crippen LogP contribution in [0.2, 0.25) is 5.02 Å². The third kappa shape index (κ3) is 2.97. The van der Waals surface area contributed by atoms with E-state index >= 15 is 0 Å². The lowest BCUT2D eigenvalue weighted by molar-refractivity contribution is 0.0996. The molecule has 4 rings (SSSR count). The van der Waals surface area contributed by atoms with Gasteiger partial charge in [-0.25, -0.2) is 4.39 Å². The van der Waals surface area contributed by atoms with Crippen molar-refractivity contribution in [2.75, 3.05) is 18.6 Å². The van der Waals surface area contributed by atoms with Crippen LogP contribution in [0, 0.1) is 5.82 Å². The van der Waals surface area contributed by atoms with Gasteiger partial charge in [-0.3, -0.25) is 4.79 Å². The molecule has 6 heteroatoms. The predicted molar refractivity (Wildman–Crippen MR) is 103 cm³/mol. The monoisotopic (exact) mass is 387 g/mol. The zero-order chi connectivity index (χ0) is 18.3. The first-order valence-electron chi connectivity index (χ1n) is 8.12. The van der Waals surface area contributed by atoms with Gasteiger partial charge in [0.15, 0.2) is 0 Å². The van der Waals surface area contributed by atoms with E-state index in [1.165, 1.54) is 34.4 Å². The minimum absolute atomic E-state index is 0.171. The maximum Gasteiger partial charge on any atom is 0.268 e. The van der Waals surface area contributed by atoms with Crippen LogP contribution in [0.1, 0.15) is 15.2 Å². The average Bonchev–Trinajstić information content (AvgIpc) is 2.97. The minimum Gasteiger partial charge on any atom is -0.493 e. The van der Waals surface area contributed by atoms with E-state index in [4.69, 9.17) is 16.3 Å². The highest BCUT2D eigenvalue weighted by Crippen LogP contribution is 2.41. The van der Waals surface area contributed by atoms with Gasteiger partial charge < -0.3 is 9.64 Å². The number of halogens is 2. The molecular formula is C20H15ClFNO2S. The first kappa shape index (κ1) is 17.1. The molecule has 3 aromatic rings. The van der Waals surface area contributed by atoms with E-state index < -0.39 is 5.82 Å². The Hall–Kier alpha value is -2.37. The molecule has 0 atom stereocenters. The van der Waals surface area contributed by atoms with Crippen molar-refractivity contribution in [1.82, 2.24) is 0 Å². The van der Waals surface area contributed by atoms with Crippen molar-refractivity contribution in [2.45, 2.75) is 6.42 Å². The van der Waals surface area contributed by atoms with E-state index in [0.717, 1.165) is 28.2 Å². The average molecular weight is 388 g/mol. The number of thiophene rings is 1. The third-order valence-electron chi connectivity index (χ3n) is 4.36. The van der Waals surface area contributed by atoms with Crippen molar-refractivity contribution in [2.24, 2.45) is 0 Å². The first-order chi connectivity index (χ1) is 12.5. The van der Waals surface area contributed by atoms with E-state index in [0.29, 0.717) is 17.2 Å². The van der Waals surface area contributed by atoms with Crippen molar-refractivity contribution in [3.05, 3.63) is 69.8 Å². The highest BCUT2D eigenvalue weighted by atomic mass is 35.5. The number of nitrogens with zero attached hydrogens (tertiary/aromatic N) is 1. The minimum atomic E-state index is -0.431. The lowest BCUT2D eigenvalue weighted by atomic mass is 10.1. The van der Waals surface area contributed by atoms with Crippen LogP contribution in [0.4, 0.5) is 10.1 Å². The van der Waals surface area contributed by atoms with Crippen LogP contribution in [0.3, 0.4) is 0 Å². The number of carbonyl (C=O) groups is 1. The highest BCUT2D eigenvalue weighted by Gasteiger charge is 2.23. The Kier molecular flexibility index (Phi) is 4.42. The molecule has 0 saturated heterocycles. The second kappa shape index (κ2) is 6.74. The zero-order valence-corrected chi connectivity index (χ0v) is 15.5. The van der Waals surface area contributed by atoms with E-state index in [1.807, 2.05) is 30.3 Å². The smallest absolute Gasteiger partial charge is 0.268 e. The second-order valence-electron chi connectivity index (χ2n) is 6.02. The van der Waals surface area contributed by atoms with Crippen LogP contribution in [-0.2, 0) is 6.42 Å². The Morgan fingerprint density at radius 3 is 2.85 bits per heavy atom. The summed E-state index contributed by atoms with van der Waals surface area (Å²) in [6.45, 7) is 0.577. The van der Waals surface area contributed by atoms with E-state index in [9.17, 15) is 9.18 Å². The first-order valence-corrected chi connectivity index (χ1v) is 9.32. The maximum atomic E-state index is 13.3. The summed E-state index contributed by atoms with van der Waals surface area (Å²) >= 11 is 7.54. The van der Waals surface area contributed by atoms with E-state index in [1.54, 1.807) is 7.05 Å². The van der Waals surface area contributed by atoms with Crippen LogP contribution < -0.4 is 9.64 Å². The van der Waals surface area contributed by atoms with Crippen molar-refractivity contribution in [3.63, 3.8) is 0 Å². The molecule has 1 amide bonds. The van der Waals surface area contributed by atoms with Crippen LogP contribution in [0.25, 0.3) is 10.4 Å². The van der Waals surface area contributed by atoms with E-state index in [-0.39, 0.29) is 10.9 Å². The Labute approximate surface area is 159 Å². The summed E-state index contributed by atoms with van der Waals surface area (Å²) in [5.74, 6) is 0.232. The molecule has 0 saturated carbocycles. The molecule has 132 valence electrons. The van der Waals surface area contributed by atoms with Gasteiger partial charge in [-0.1, -0.05) is 23.7 Å². The van der Waals surface area contributed by atoms with E-state index in [2.05, 4.69) is 0 Å². The molecule has 0 aliphatic carbocycles. The van der Waals surface area contributed by atoms with Crippen LogP contribution in [0.15, 0.2) is 48.5 Å². The van der Waals surface area contributed by atoms with Crippen LogP contribution in [0.5, 0.6) is 5.75 Å². The summed E-state index contributed by atoms with van der Waals surface area (Å²) in [6.07, 6.45) is 0.745. The molecule has 0 bridgehead atoms. The number of hydrogen-bond acceptors (Lipinski definition) is 3. The van der Waals surface area contributed by atoms with Gasteiger partial charge in [0.25, 0.3) is 5.91 Å². The lowest BCUT2D eigenvalue weighted by Gasteiger charge is -2.17. The second-order valence-corrected chi connectivity index (χ2v) is 7.48. The molecule has 26 heavy (non-hydrogen) atoms. The molecule has 0 fully saturated rings. The number of benzene rings is 2. The predicted octanol–water partition coefficient (Wildman–Crippen LogP) is 5.42. The fraction of sp³-hybridized carbons (Fsp3) is 0.150. The van der Waals surface area contributed by atoms with Gasteiger partial charge >= 0.3 is 0 Å². The van der Waals surface area contributed by atoms with Crippen molar-refractivity contribution in [3.8, 4) is 16.2 Å². The number of fused-ring (bicyclic) bond motifs is 3. The highest BCUT2D eigenvalue weighted by molar-refractivity contribution is 7.17. The summed E-state index contributed by atoms with van der Waals surface area (Å²) < 4.78 is 19.1. The molecule has 2 heterocycles. The molecule has 0 unspecified atom stereocenters. The number of anilines is 1. The summed E-state index contributed by atoms with van der Waals surface area (Å²) in [4.78, 5) is 16.1. The fourth-order valence-electron chi connectivity index (χ4n) is 3.03. The van der Waals surface area contributed by atoms with Gasteiger partial charge in [0.05, 0.1) is 22.2 Å². The number of rotatable bonds is 2. The molecule has 0 radical (unpaired) electrons. The number of hydrogen-bond donors (Lipinski definition) is 0. The normalized spacial score (nSPS) is 12.6. The third-order valence-corrected chi connectivity index (χ3v) is 5.86. The molecule has 1 aliphatic rings. The largest absolute Gasteiger partial charge is 0.493 e. The molecule has 2 aromatic carbocycles. The molecular weight excluding hydrogens is 373 g/mol. The molecule has 0 N–H and O–H groups in total. The van der Waals surface area contributed by atoms with Crippen molar-refractivity contribution in [1.29, 1.82) is 0 Å². The van der Waals surface area contributed by atoms with Gasteiger partial charge in [0, 0.05) is 23.9 Å². The topological polar surface area (TPSA) is 29.5 Å². The Morgan fingerprint density at radius 1 is 1.23 bits per heavy atom. The fourth-order valence-corrected chi connectivity index (χ4v) is 4.54. The number of ether oxygens (including phenoxy) is 1. The van der Waals surface area contributed by atoms with Crippen molar-refractivity contribution >= 4 is 34.5 Å². The van der Waals surface area contributed by atoms with Gasteiger partial charge in [-0.2, -0.15) is 0 Å².